The van der Waals surface area contributed by atoms with Crippen molar-refractivity contribution in [3.05, 3.63) is 58.6 Å². The van der Waals surface area contributed by atoms with Gasteiger partial charge < -0.3 is 15.0 Å². The number of guanidine groups is 1. The van der Waals surface area contributed by atoms with E-state index in [2.05, 4.69) is 10.2 Å². The molecule has 0 amide bonds. The lowest BCUT2D eigenvalue weighted by Crippen LogP contribution is -2.44. The molecule has 3 rings (SSSR count). The lowest BCUT2D eigenvalue weighted by molar-refractivity contribution is 0.0680. The SMILES string of the molecule is Clc1ccc(N=C(Nc2ccccc2)N2CCOCC2)c(Cl)c1. The summed E-state index contributed by atoms with van der Waals surface area (Å²) in [6, 6.07) is 15.2. The molecule has 1 heterocycles. The molecule has 0 bridgehead atoms. The normalized spacial score (nSPS) is 15.6. The zero-order valence-electron chi connectivity index (χ0n) is 12.5. The van der Waals surface area contributed by atoms with E-state index in [4.69, 9.17) is 32.9 Å². The van der Waals surface area contributed by atoms with Gasteiger partial charge in [-0.15, -0.1) is 0 Å². The maximum Gasteiger partial charge on any atom is 0.203 e. The van der Waals surface area contributed by atoms with E-state index >= 15 is 0 Å². The molecule has 1 saturated heterocycles. The third kappa shape index (κ3) is 4.38. The molecule has 0 radical (unpaired) electrons. The molecule has 0 unspecified atom stereocenters. The highest BCUT2D eigenvalue weighted by molar-refractivity contribution is 6.36. The summed E-state index contributed by atoms with van der Waals surface area (Å²) in [5.41, 5.74) is 1.66. The predicted molar refractivity (Wildman–Crippen MR) is 96.0 cm³/mol. The number of nitrogens with one attached hydrogen (secondary N) is 1. The summed E-state index contributed by atoms with van der Waals surface area (Å²) in [4.78, 5) is 6.86. The fraction of sp³-hybridized carbons (Fsp3) is 0.235. The lowest BCUT2D eigenvalue weighted by atomic mass is 10.3. The highest BCUT2D eigenvalue weighted by Crippen LogP contribution is 2.28. The Morgan fingerprint density at radius 1 is 1.04 bits per heavy atom. The molecule has 6 heteroatoms. The lowest BCUT2D eigenvalue weighted by Gasteiger charge is -2.30. The molecule has 2 aromatic rings. The highest BCUT2D eigenvalue weighted by Gasteiger charge is 2.16. The number of rotatable bonds is 2. The van der Waals surface area contributed by atoms with Crippen molar-refractivity contribution in [1.82, 2.24) is 4.90 Å². The minimum absolute atomic E-state index is 0.526. The molecule has 1 aliphatic rings. The summed E-state index contributed by atoms with van der Waals surface area (Å²) in [5, 5.41) is 4.49. The van der Waals surface area contributed by atoms with Crippen LogP contribution in [-0.4, -0.2) is 37.2 Å². The number of benzene rings is 2. The third-order valence-electron chi connectivity index (χ3n) is 3.48. The summed E-state index contributed by atoms with van der Waals surface area (Å²) in [6.07, 6.45) is 0. The van der Waals surface area contributed by atoms with Gasteiger partial charge in [0.15, 0.2) is 0 Å². The largest absolute Gasteiger partial charge is 0.378 e. The molecule has 1 aliphatic heterocycles. The van der Waals surface area contributed by atoms with Gasteiger partial charge in [-0.05, 0) is 30.3 Å². The van der Waals surface area contributed by atoms with Gasteiger partial charge in [-0.1, -0.05) is 41.4 Å². The minimum Gasteiger partial charge on any atom is -0.378 e. The van der Waals surface area contributed by atoms with Crippen molar-refractivity contribution >= 4 is 40.5 Å². The van der Waals surface area contributed by atoms with Crippen molar-refractivity contribution in [2.45, 2.75) is 0 Å². The Labute approximate surface area is 145 Å². The summed E-state index contributed by atoms with van der Waals surface area (Å²) in [5.74, 6) is 0.753. The van der Waals surface area contributed by atoms with Crippen LogP contribution in [0.4, 0.5) is 11.4 Å². The summed E-state index contributed by atoms with van der Waals surface area (Å²) in [6.45, 7) is 2.93. The van der Waals surface area contributed by atoms with E-state index in [1.54, 1.807) is 12.1 Å². The van der Waals surface area contributed by atoms with Gasteiger partial charge in [-0.2, -0.15) is 0 Å². The van der Waals surface area contributed by atoms with Crippen LogP contribution in [0.5, 0.6) is 0 Å². The van der Waals surface area contributed by atoms with Gasteiger partial charge in [0.05, 0.1) is 23.9 Å². The van der Waals surface area contributed by atoms with Gasteiger partial charge in [0.2, 0.25) is 5.96 Å². The van der Waals surface area contributed by atoms with Crippen LogP contribution in [0.15, 0.2) is 53.5 Å². The molecule has 0 spiro atoms. The second-order valence-electron chi connectivity index (χ2n) is 5.12. The first-order chi connectivity index (χ1) is 11.2. The van der Waals surface area contributed by atoms with Gasteiger partial charge >= 0.3 is 0 Å². The smallest absolute Gasteiger partial charge is 0.203 e. The maximum absolute atomic E-state index is 6.25. The zero-order chi connectivity index (χ0) is 16.1. The molecule has 0 atom stereocenters. The highest BCUT2D eigenvalue weighted by atomic mass is 35.5. The van der Waals surface area contributed by atoms with Crippen LogP contribution >= 0.6 is 23.2 Å². The van der Waals surface area contributed by atoms with Gasteiger partial charge in [0.25, 0.3) is 0 Å². The van der Waals surface area contributed by atoms with E-state index in [-0.39, 0.29) is 0 Å². The van der Waals surface area contributed by atoms with Crippen molar-refractivity contribution in [3.8, 4) is 0 Å². The topological polar surface area (TPSA) is 36.9 Å². The first kappa shape index (κ1) is 16.1. The summed E-state index contributed by atoms with van der Waals surface area (Å²) >= 11 is 12.2. The second-order valence-corrected chi connectivity index (χ2v) is 5.97. The number of anilines is 1. The van der Waals surface area contributed by atoms with Gasteiger partial charge in [0, 0.05) is 23.8 Å². The van der Waals surface area contributed by atoms with Crippen molar-refractivity contribution < 1.29 is 4.74 Å². The molecule has 4 nitrogen and oxygen atoms in total. The number of ether oxygens (including phenoxy) is 1. The summed E-state index contributed by atoms with van der Waals surface area (Å²) in [7, 11) is 0. The van der Waals surface area contributed by atoms with Crippen molar-refractivity contribution in [2.24, 2.45) is 4.99 Å². The molecule has 0 aliphatic carbocycles. The van der Waals surface area contributed by atoms with Crippen molar-refractivity contribution in [2.75, 3.05) is 31.6 Å². The number of halogens is 2. The predicted octanol–water partition coefficient (Wildman–Crippen LogP) is 4.43. The number of hydrogen-bond donors (Lipinski definition) is 1. The van der Waals surface area contributed by atoms with E-state index < -0.39 is 0 Å². The first-order valence-electron chi connectivity index (χ1n) is 7.41. The molecule has 23 heavy (non-hydrogen) atoms. The van der Waals surface area contributed by atoms with Crippen LogP contribution < -0.4 is 5.32 Å². The van der Waals surface area contributed by atoms with E-state index in [1.807, 2.05) is 36.4 Å². The average molecular weight is 350 g/mol. The van der Waals surface area contributed by atoms with E-state index in [1.165, 1.54) is 0 Å². The molecule has 2 aromatic carbocycles. The number of para-hydroxylation sites is 1. The molecule has 120 valence electrons. The van der Waals surface area contributed by atoms with Crippen LogP contribution in [0, 0.1) is 0 Å². The van der Waals surface area contributed by atoms with Crippen LogP contribution in [0.3, 0.4) is 0 Å². The molecule has 1 fully saturated rings. The van der Waals surface area contributed by atoms with E-state index in [9.17, 15) is 0 Å². The quantitative estimate of drug-likeness (QED) is 0.643. The number of aliphatic imine (C=N–C) groups is 1. The number of nitrogens with zero attached hydrogens (tertiary/aromatic N) is 2. The molecule has 0 saturated carbocycles. The Balaban J connectivity index is 1.91. The molecule has 0 aromatic heterocycles. The van der Waals surface area contributed by atoms with Crippen LogP contribution in [0.1, 0.15) is 0 Å². The Morgan fingerprint density at radius 2 is 1.78 bits per heavy atom. The Hall–Kier alpha value is -1.75. The maximum atomic E-state index is 6.25. The van der Waals surface area contributed by atoms with Crippen molar-refractivity contribution in [3.63, 3.8) is 0 Å². The zero-order valence-corrected chi connectivity index (χ0v) is 14.0. The van der Waals surface area contributed by atoms with Crippen molar-refractivity contribution in [1.29, 1.82) is 0 Å². The van der Waals surface area contributed by atoms with Gasteiger partial charge in [0.1, 0.15) is 0 Å². The standard InChI is InChI=1S/C17H17Cl2N3O/c18-13-6-7-16(15(19)12-13)21-17(22-8-10-23-11-9-22)20-14-4-2-1-3-5-14/h1-7,12H,8-11H2,(H,20,21). The average Bonchev–Trinajstić information content (AvgIpc) is 2.58. The van der Waals surface area contributed by atoms with Crippen LogP contribution in [-0.2, 0) is 4.74 Å². The first-order valence-corrected chi connectivity index (χ1v) is 8.16. The Morgan fingerprint density at radius 3 is 2.48 bits per heavy atom. The fourth-order valence-electron chi connectivity index (χ4n) is 2.29. The number of morpholine rings is 1. The van der Waals surface area contributed by atoms with Crippen LogP contribution in [0.2, 0.25) is 10.0 Å². The fourth-order valence-corrected chi connectivity index (χ4v) is 2.74. The van der Waals surface area contributed by atoms with E-state index in [0.29, 0.717) is 28.9 Å². The minimum atomic E-state index is 0.526. The molecular weight excluding hydrogens is 333 g/mol. The van der Waals surface area contributed by atoms with Crippen LogP contribution in [0.25, 0.3) is 0 Å². The second kappa shape index (κ2) is 7.68. The molecule has 1 N–H and O–H groups in total. The van der Waals surface area contributed by atoms with Gasteiger partial charge in [-0.25, -0.2) is 4.99 Å². The summed E-state index contributed by atoms with van der Waals surface area (Å²) < 4.78 is 5.42. The Kier molecular flexibility index (Phi) is 5.39. The van der Waals surface area contributed by atoms with Gasteiger partial charge in [-0.3, -0.25) is 0 Å². The number of hydrogen-bond acceptors (Lipinski definition) is 2. The van der Waals surface area contributed by atoms with E-state index in [0.717, 1.165) is 24.7 Å². The monoisotopic (exact) mass is 349 g/mol. The molecular formula is C17H17Cl2N3O. The third-order valence-corrected chi connectivity index (χ3v) is 4.01. The Bertz CT molecular complexity index is 685.